The van der Waals surface area contributed by atoms with Crippen molar-refractivity contribution in [2.24, 2.45) is 12.2 Å². The number of fused-ring (bicyclic) bond motifs is 2. The Balaban J connectivity index is 0.000000176. The van der Waals surface area contributed by atoms with Crippen LogP contribution in [0.4, 0.5) is 0 Å². The van der Waals surface area contributed by atoms with Crippen LogP contribution in [0.1, 0.15) is 30.6 Å². The summed E-state index contributed by atoms with van der Waals surface area (Å²) in [6.45, 7) is 6.13. The Morgan fingerprint density at radius 2 is 1.41 bits per heavy atom. The molecule has 24 heteroatoms. The van der Waals surface area contributed by atoms with Crippen LogP contribution in [0, 0.1) is 16.1 Å². The molecule has 10 aromatic heterocycles. The van der Waals surface area contributed by atoms with Crippen LogP contribution in [0.5, 0.6) is 11.5 Å². The van der Waals surface area contributed by atoms with Gasteiger partial charge in [0, 0.05) is 93.3 Å². The molecule has 13 heterocycles. The molecule has 3 aliphatic rings. The van der Waals surface area contributed by atoms with Crippen LogP contribution in [0.25, 0.3) is 16.9 Å². The number of nitrogens with one attached hydrogen (secondary N) is 3. The topological polar surface area (TPSA) is 229 Å². The van der Waals surface area contributed by atoms with Crippen molar-refractivity contribution in [2.75, 3.05) is 33.1 Å². The third-order valence-corrected chi connectivity index (χ3v) is 12.7. The average molecular weight is 1250 g/mol. The molecule has 442 valence electrons. The summed E-state index contributed by atoms with van der Waals surface area (Å²) < 4.78 is 20.7. The summed E-state index contributed by atoms with van der Waals surface area (Å²) in [7, 11) is 1.84. The molecule has 2 aromatic carbocycles. The van der Waals surface area contributed by atoms with E-state index in [0.717, 1.165) is 76.7 Å². The predicted octanol–water partition coefficient (Wildman–Crippen LogP) is 14.1. The maximum Gasteiger partial charge on any atom is 0.231 e. The number of aryl methyl sites for hydroxylation is 1. The van der Waals surface area contributed by atoms with Crippen LogP contribution in [0.2, 0.25) is 9.49 Å². The van der Waals surface area contributed by atoms with E-state index < -0.39 is 0 Å². The smallest absolute Gasteiger partial charge is 0.231 e. The van der Waals surface area contributed by atoms with E-state index in [-0.39, 0.29) is 6.10 Å². The third-order valence-electron chi connectivity index (χ3n) is 10.4. The van der Waals surface area contributed by atoms with Gasteiger partial charge in [0.2, 0.25) is 6.79 Å². The standard InChI is InChI=1S/C12H9NO2.C10H11NO.C6H5N3.C5H4ClN.C5H3NS.2C5H5N.C4H3ClS.C4H9NO.C3H5N3S.C3H4N2/c1-2-6-13-10(3-1)9-4-5-11-12(7-9)15-8-14-11;1-8-7-10(12-11-8)9-5-3-2-4-6-9;1-2-4-9-5-7-8-6(9)3-1;6-5-3-1-2-4-7-5;6-3-5-1-2-7-4-5;2*1-2-4-6-5-3-1;5-4-2-1-3-6-4;1-3-6-4-2-5-1;1-6-2-4-5-3(6)7;1-2-5-3-4-1/h1-7H,8H2;2-6,10H,7H2,1H3;1-5H;1-4H;1-2,4H;2*1-5H;1-3H;5H,1-4H2;2H,1H3,(H,5,7);1-3H,(H,4,5). The Kier molecular flexibility index (Phi) is 34.0. The van der Waals surface area contributed by atoms with Crippen molar-refractivity contribution >= 4 is 69.5 Å². The number of hydrogen-bond donors (Lipinski definition) is 3. The van der Waals surface area contributed by atoms with E-state index in [4.69, 9.17) is 59.7 Å². The zero-order valence-corrected chi connectivity index (χ0v) is 50.9. The van der Waals surface area contributed by atoms with Gasteiger partial charge in [-0.05, 0) is 133 Å². The zero-order chi connectivity index (χ0) is 60.8. The molecule has 1 atom stereocenters. The van der Waals surface area contributed by atoms with Crippen molar-refractivity contribution in [1.29, 1.82) is 5.26 Å². The summed E-state index contributed by atoms with van der Waals surface area (Å²) in [5.74, 6) is 1.59. The lowest BCUT2D eigenvalue weighted by molar-refractivity contribution is 0.0857. The number of aromatic nitrogens is 12. The summed E-state index contributed by atoms with van der Waals surface area (Å²) in [4.78, 5) is 27.2. The number of nitriles is 1. The molecule has 0 spiro atoms. The fourth-order valence-corrected chi connectivity index (χ4v) is 7.77. The van der Waals surface area contributed by atoms with E-state index in [1.807, 2.05) is 180 Å². The Hall–Kier alpha value is -9.31. The number of morpholine rings is 1. The highest BCUT2D eigenvalue weighted by Crippen LogP contribution is 2.35. The van der Waals surface area contributed by atoms with Crippen molar-refractivity contribution in [1.82, 2.24) is 64.6 Å². The van der Waals surface area contributed by atoms with Gasteiger partial charge in [-0.25, -0.2) is 9.97 Å². The number of ether oxygens (including phenoxy) is 3. The Labute approximate surface area is 522 Å². The number of benzene rings is 2. The number of imidazole rings is 1. The van der Waals surface area contributed by atoms with Crippen LogP contribution < -0.4 is 14.8 Å². The van der Waals surface area contributed by atoms with Crippen LogP contribution in [-0.2, 0) is 16.6 Å². The monoisotopic (exact) mass is 1250 g/mol. The molecule has 12 aromatic rings. The molecular weight excluding hydrogens is 1190 g/mol. The van der Waals surface area contributed by atoms with E-state index in [2.05, 4.69) is 72.9 Å². The van der Waals surface area contributed by atoms with Gasteiger partial charge >= 0.3 is 0 Å². The number of nitrogens with zero attached hydrogens (tertiary/aromatic N) is 12. The highest BCUT2D eigenvalue weighted by atomic mass is 35.5. The van der Waals surface area contributed by atoms with E-state index in [1.54, 1.807) is 108 Å². The summed E-state index contributed by atoms with van der Waals surface area (Å²) >= 11 is 18.7. The minimum Gasteiger partial charge on any atom is -0.454 e. The highest BCUT2D eigenvalue weighted by Gasteiger charge is 2.19. The number of pyridine rings is 5. The van der Waals surface area contributed by atoms with Crippen molar-refractivity contribution < 1.29 is 19.0 Å². The average Bonchev–Trinajstić information content (AvgIpc) is 4.09. The molecule has 1 unspecified atom stereocenters. The molecule has 1 fully saturated rings. The summed E-state index contributed by atoms with van der Waals surface area (Å²) in [5, 5.41) is 35.2. The molecule has 0 bridgehead atoms. The van der Waals surface area contributed by atoms with Gasteiger partial charge < -0.3 is 33.9 Å². The fourth-order valence-electron chi connectivity index (χ4n) is 6.29. The van der Waals surface area contributed by atoms with Gasteiger partial charge in [0.1, 0.15) is 17.8 Å². The first kappa shape index (κ1) is 67.5. The van der Waals surface area contributed by atoms with Gasteiger partial charge in [-0.2, -0.15) is 21.7 Å². The predicted molar refractivity (Wildman–Crippen MR) is 344 cm³/mol. The molecule has 3 N–H and O–H groups in total. The normalized spacial score (nSPS) is 12.3. The van der Waals surface area contributed by atoms with E-state index in [1.165, 1.54) is 5.56 Å². The van der Waals surface area contributed by atoms with Gasteiger partial charge in [-0.15, -0.1) is 21.5 Å². The van der Waals surface area contributed by atoms with Gasteiger partial charge in [-0.3, -0.25) is 24.5 Å². The number of oxime groups is 1. The highest BCUT2D eigenvalue weighted by molar-refractivity contribution is 7.71. The first-order chi connectivity index (χ1) is 42.3. The third kappa shape index (κ3) is 29.8. The molecule has 0 aliphatic carbocycles. The number of thiophene rings is 2. The quantitative estimate of drug-likeness (QED) is 0.108. The van der Waals surface area contributed by atoms with E-state index in [9.17, 15) is 0 Å². The van der Waals surface area contributed by atoms with E-state index >= 15 is 0 Å². The van der Waals surface area contributed by atoms with Crippen LogP contribution in [0.3, 0.4) is 0 Å². The van der Waals surface area contributed by atoms with Crippen LogP contribution in [-0.4, -0.2) is 98.1 Å². The molecular formula is C62H63Cl2N15O4S3. The Bertz CT molecular complexity index is 3500. The Morgan fingerprint density at radius 1 is 0.709 bits per heavy atom. The molecule has 0 radical (unpaired) electrons. The Morgan fingerprint density at radius 3 is 1.83 bits per heavy atom. The van der Waals surface area contributed by atoms with Gasteiger partial charge in [0.05, 0.1) is 46.9 Å². The van der Waals surface area contributed by atoms with Crippen LogP contribution >= 0.6 is 58.1 Å². The lowest BCUT2D eigenvalue weighted by atomic mass is 10.1. The van der Waals surface area contributed by atoms with Gasteiger partial charge in [0.15, 0.2) is 28.0 Å². The number of hydrogen-bond acceptors (Lipinski definition) is 18. The summed E-state index contributed by atoms with van der Waals surface area (Å²) in [5.41, 5.74) is 5.90. The largest absolute Gasteiger partial charge is 0.454 e. The number of aromatic amines is 2. The fraction of sp³-hybridized carbons (Fsp3) is 0.145. The molecule has 1 saturated heterocycles. The second-order valence-electron chi connectivity index (χ2n) is 16.8. The minimum atomic E-state index is 0.145. The van der Waals surface area contributed by atoms with Gasteiger partial charge in [0.25, 0.3) is 0 Å². The van der Waals surface area contributed by atoms with Crippen molar-refractivity contribution in [3.63, 3.8) is 0 Å². The number of rotatable bonds is 2. The summed E-state index contributed by atoms with van der Waals surface area (Å²) in [6.07, 6.45) is 21.8. The second kappa shape index (κ2) is 43.4. The van der Waals surface area contributed by atoms with Crippen molar-refractivity contribution in [2.45, 2.75) is 19.4 Å². The minimum absolute atomic E-state index is 0.145. The first-order valence-corrected chi connectivity index (χ1v) is 29.2. The molecule has 15 rings (SSSR count). The van der Waals surface area contributed by atoms with E-state index in [0.29, 0.717) is 16.7 Å². The molecule has 0 amide bonds. The molecule has 86 heavy (non-hydrogen) atoms. The molecule has 19 nitrogen and oxygen atoms in total. The lowest BCUT2D eigenvalue weighted by Gasteiger charge is -2.10. The number of halogens is 2. The number of H-pyrrole nitrogens is 2. The zero-order valence-electron chi connectivity index (χ0n) is 47.0. The van der Waals surface area contributed by atoms with Crippen molar-refractivity contribution in [3.8, 4) is 28.8 Å². The summed E-state index contributed by atoms with van der Waals surface area (Å²) in [6, 6.07) is 52.1. The van der Waals surface area contributed by atoms with Crippen LogP contribution in [0.15, 0.2) is 254 Å². The maximum atomic E-state index is 8.18. The second-order valence-corrected chi connectivity index (χ2v) is 19.9. The first-order valence-electron chi connectivity index (χ1n) is 26.2. The van der Waals surface area contributed by atoms with Gasteiger partial charge in [-0.1, -0.05) is 89.0 Å². The maximum absolute atomic E-state index is 8.18. The molecule has 0 saturated carbocycles. The lowest BCUT2D eigenvalue weighted by Crippen LogP contribution is -2.30. The SMILES string of the molecule is C1COCCN1.CC1=NOC(c2ccccc2)C1.Clc1ccccn1.Clc1cccs1.Cn1cn[nH]c1=S.N#Cc1ccsc1.c1c[nH]cn1.c1ccc(-c2ccc3c(c2)OCO3)nc1.c1ccn2cnnc2c1.c1ccncc1.c1ccncc1. The molecule has 3 aliphatic heterocycles. The van der Waals surface area contributed by atoms with Crippen molar-refractivity contribution in [3.05, 3.63) is 274 Å².